The molecule has 0 aliphatic carbocycles. The van der Waals surface area contributed by atoms with Crippen molar-refractivity contribution in [1.82, 2.24) is 4.98 Å². The van der Waals surface area contributed by atoms with Crippen molar-refractivity contribution in [1.29, 1.82) is 0 Å². The van der Waals surface area contributed by atoms with Gasteiger partial charge >= 0.3 is 0 Å². The van der Waals surface area contributed by atoms with Crippen LogP contribution in [-0.2, 0) is 10.0 Å². The summed E-state index contributed by atoms with van der Waals surface area (Å²) in [5, 5.41) is 3.98. The quantitative estimate of drug-likeness (QED) is 0.767. The van der Waals surface area contributed by atoms with Crippen LogP contribution in [0.4, 0.5) is 4.39 Å². The molecule has 1 rings (SSSR count). The zero-order chi connectivity index (χ0) is 9.35. The van der Waals surface area contributed by atoms with E-state index >= 15 is 0 Å². The second kappa shape index (κ2) is 3.23. The fourth-order valence-electron chi connectivity index (χ4n) is 0.601. The average Bonchev–Trinajstić information content (AvgIpc) is 1.92. The van der Waals surface area contributed by atoms with Crippen LogP contribution in [0.5, 0.6) is 0 Å². The third-order valence-electron chi connectivity index (χ3n) is 1.08. The number of halogens is 2. The van der Waals surface area contributed by atoms with Crippen LogP contribution in [0.1, 0.15) is 0 Å². The fourth-order valence-corrected chi connectivity index (χ4v) is 1.77. The van der Waals surface area contributed by atoms with Crippen molar-refractivity contribution in [2.75, 3.05) is 0 Å². The molecule has 1 heterocycles. The van der Waals surface area contributed by atoms with Crippen LogP contribution in [0.25, 0.3) is 0 Å². The van der Waals surface area contributed by atoms with Gasteiger partial charge < -0.3 is 0 Å². The Bertz CT molecular complexity index is 406. The van der Waals surface area contributed by atoms with Gasteiger partial charge in [0.15, 0.2) is 5.82 Å². The SMILES string of the molecule is NS(=O)(=O)c1nccc(I)c1F. The number of nitrogens with two attached hydrogens (primary N) is 1. The number of rotatable bonds is 1. The molecule has 12 heavy (non-hydrogen) atoms. The maximum absolute atomic E-state index is 13.0. The molecule has 0 saturated heterocycles. The second-order valence-electron chi connectivity index (χ2n) is 1.96. The Kier molecular flexibility index (Phi) is 2.64. The molecule has 0 aliphatic rings. The molecular formula is C5H4FIN2O2S. The molecule has 66 valence electrons. The van der Waals surface area contributed by atoms with Crippen molar-refractivity contribution in [3.8, 4) is 0 Å². The van der Waals surface area contributed by atoms with Crippen LogP contribution < -0.4 is 5.14 Å². The monoisotopic (exact) mass is 302 g/mol. The van der Waals surface area contributed by atoms with Crippen LogP contribution >= 0.6 is 22.6 Å². The van der Waals surface area contributed by atoms with Crippen LogP contribution in [0, 0.1) is 9.39 Å². The Morgan fingerprint density at radius 1 is 1.58 bits per heavy atom. The first-order chi connectivity index (χ1) is 5.43. The fraction of sp³-hybridized carbons (Fsp3) is 0. The highest BCUT2D eigenvalue weighted by Crippen LogP contribution is 2.15. The molecule has 0 bridgehead atoms. The van der Waals surface area contributed by atoms with Gasteiger partial charge in [0.2, 0.25) is 5.03 Å². The molecule has 0 saturated carbocycles. The number of primary sulfonamides is 1. The van der Waals surface area contributed by atoms with E-state index in [9.17, 15) is 12.8 Å². The Morgan fingerprint density at radius 3 is 2.58 bits per heavy atom. The third kappa shape index (κ3) is 1.90. The van der Waals surface area contributed by atoms with Crippen molar-refractivity contribution in [3.63, 3.8) is 0 Å². The zero-order valence-electron chi connectivity index (χ0n) is 5.66. The van der Waals surface area contributed by atoms with Gasteiger partial charge in [0.1, 0.15) is 0 Å². The standard InChI is InChI=1S/C5H4FIN2O2S/c6-4-3(7)1-2-9-5(4)12(8,10)11/h1-2H,(H2,8,10,11). The van der Waals surface area contributed by atoms with E-state index in [2.05, 4.69) is 4.98 Å². The highest BCUT2D eigenvalue weighted by molar-refractivity contribution is 14.1. The molecule has 0 fully saturated rings. The minimum Gasteiger partial charge on any atom is -0.241 e. The Labute approximate surface area is 82.2 Å². The highest BCUT2D eigenvalue weighted by Gasteiger charge is 2.17. The zero-order valence-corrected chi connectivity index (χ0v) is 8.63. The largest absolute Gasteiger partial charge is 0.258 e. The van der Waals surface area contributed by atoms with Gasteiger partial charge in [0.25, 0.3) is 10.0 Å². The summed E-state index contributed by atoms with van der Waals surface area (Å²) in [4.78, 5) is 3.32. The second-order valence-corrected chi connectivity index (χ2v) is 4.60. The van der Waals surface area contributed by atoms with E-state index in [0.29, 0.717) is 0 Å². The Hall–Kier alpha value is -0.280. The van der Waals surface area contributed by atoms with E-state index in [-0.39, 0.29) is 3.57 Å². The molecule has 4 nitrogen and oxygen atoms in total. The Morgan fingerprint density at radius 2 is 2.17 bits per heavy atom. The summed E-state index contributed by atoms with van der Waals surface area (Å²) in [5.41, 5.74) is 0. The van der Waals surface area contributed by atoms with Gasteiger partial charge in [0.05, 0.1) is 3.57 Å². The lowest BCUT2D eigenvalue weighted by molar-refractivity contribution is 0.550. The van der Waals surface area contributed by atoms with Crippen molar-refractivity contribution >= 4 is 32.6 Å². The average molecular weight is 302 g/mol. The molecule has 1 aromatic rings. The normalized spacial score (nSPS) is 11.6. The summed E-state index contributed by atoms with van der Waals surface area (Å²) in [7, 11) is -4.05. The summed E-state index contributed by atoms with van der Waals surface area (Å²) in [5.74, 6) is -0.902. The Balaban J connectivity index is 3.47. The summed E-state index contributed by atoms with van der Waals surface area (Å²) >= 11 is 1.65. The molecular weight excluding hydrogens is 298 g/mol. The number of nitrogens with zero attached hydrogens (tertiary/aromatic N) is 1. The van der Waals surface area contributed by atoms with Crippen LogP contribution in [0.2, 0.25) is 0 Å². The molecule has 0 radical (unpaired) electrons. The van der Waals surface area contributed by atoms with Gasteiger partial charge in [-0.15, -0.1) is 0 Å². The van der Waals surface area contributed by atoms with Crippen molar-refractivity contribution in [2.45, 2.75) is 5.03 Å². The van der Waals surface area contributed by atoms with E-state index in [4.69, 9.17) is 5.14 Å². The summed E-state index contributed by atoms with van der Waals surface area (Å²) in [6, 6.07) is 1.35. The molecule has 0 atom stereocenters. The summed E-state index contributed by atoms with van der Waals surface area (Å²) in [6.45, 7) is 0. The van der Waals surface area contributed by atoms with Gasteiger partial charge in [-0.1, -0.05) is 0 Å². The van der Waals surface area contributed by atoms with Crippen LogP contribution in [0.15, 0.2) is 17.3 Å². The predicted octanol–water partition coefficient (Wildman–Crippen LogP) is 0.473. The van der Waals surface area contributed by atoms with Crippen LogP contribution in [0.3, 0.4) is 0 Å². The molecule has 0 amide bonds. The van der Waals surface area contributed by atoms with E-state index < -0.39 is 20.9 Å². The minimum atomic E-state index is -4.05. The maximum atomic E-state index is 13.0. The molecule has 2 N–H and O–H groups in total. The van der Waals surface area contributed by atoms with Gasteiger partial charge in [-0.05, 0) is 28.7 Å². The van der Waals surface area contributed by atoms with Crippen molar-refractivity contribution in [3.05, 3.63) is 21.7 Å². The smallest absolute Gasteiger partial charge is 0.241 e. The molecule has 0 spiro atoms. The predicted molar refractivity (Wildman–Crippen MR) is 48.3 cm³/mol. The van der Waals surface area contributed by atoms with Gasteiger partial charge in [-0.3, -0.25) is 0 Å². The molecule has 0 unspecified atom stereocenters. The van der Waals surface area contributed by atoms with Gasteiger partial charge in [-0.25, -0.2) is 22.9 Å². The molecule has 7 heteroatoms. The number of hydrogen-bond acceptors (Lipinski definition) is 3. The molecule has 1 aromatic heterocycles. The lowest BCUT2D eigenvalue weighted by Crippen LogP contribution is -2.16. The summed E-state index contributed by atoms with van der Waals surface area (Å²) < 4.78 is 34.5. The first-order valence-corrected chi connectivity index (χ1v) is 5.38. The number of hydrogen-bond donors (Lipinski definition) is 1. The van der Waals surface area contributed by atoms with Gasteiger partial charge in [-0.2, -0.15) is 0 Å². The van der Waals surface area contributed by atoms with Crippen LogP contribution in [-0.4, -0.2) is 13.4 Å². The minimum absolute atomic E-state index is 0.173. The van der Waals surface area contributed by atoms with Crippen molar-refractivity contribution < 1.29 is 12.8 Å². The topological polar surface area (TPSA) is 73.1 Å². The third-order valence-corrected chi connectivity index (χ3v) is 2.74. The van der Waals surface area contributed by atoms with E-state index in [1.54, 1.807) is 22.6 Å². The lowest BCUT2D eigenvalue weighted by Gasteiger charge is -1.99. The van der Waals surface area contributed by atoms with Gasteiger partial charge in [0, 0.05) is 6.20 Å². The highest BCUT2D eigenvalue weighted by atomic mass is 127. The molecule has 0 aromatic carbocycles. The number of sulfonamides is 1. The van der Waals surface area contributed by atoms with E-state index in [0.717, 1.165) is 0 Å². The number of aromatic nitrogens is 1. The first-order valence-electron chi connectivity index (χ1n) is 2.75. The van der Waals surface area contributed by atoms with E-state index in [1.165, 1.54) is 12.3 Å². The van der Waals surface area contributed by atoms with E-state index in [1.807, 2.05) is 0 Å². The molecule has 0 aliphatic heterocycles. The number of pyridine rings is 1. The summed E-state index contributed by atoms with van der Waals surface area (Å²) in [6.07, 6.45) is 1.19. The van der Waals surface area contributed by atoms with Crippen molar-refractivity contribution in [2.24, 2.45) is 5.14 Å². The lowest BCUT2D eigenvalue weighted by atomic mass is 10.5. The maximum Gasteiger partial charge on any atom is 0.258 e. The first kappa shape index (κ1) is 9.81.